The molecule has 1 fully saturated rings. The number of rotatable bonds is 10. The predicted molar refractivity (Wildman–Crippen MR) is 118 cm³/mol. The minimum absolute atomic E-state index is 0.0711. The maximum absolute atomic E-state index is 13.0. The van der Waals surface area contributed by atoms with Crippen molar-refractivity contribution in [2.45, 2.75) is 46.0 Å². The van der Waals surface area contributed by atoms with E-state index < -0.39 is 0 Å². The molecule has 0 atom stereocenters. The summed E-state index contributed by atoms with van der Waals surface area (Å²) in [6.07, 6.45) is 10.4. The summed E-state index contributed by atoms with van der Waals surface area (Å²) in [7, 11) is 0. The minimum atomic E-state index is -0.384. The molecule has 0 radical (unpaired) electrons. The molecule has 1 aliphatic heterocycles. The number of benzene rings is 1. The monoisotopic (exact) mass is 399 g/mol. The van der Waals surface area contributed by atoms with Gasteiger partial charge in [-0.3, -0.25) is 19.8 Å². The van der Waals surface area contributed by atoms with Gasteiger partial charge >= 0.3 is 0 Å². The molecule has 6 heteroatoms. The number of unbranched alkanes of at least 4 members (excludes halogenated alkanes) is 2. The quantitative estimate of drug-likeness (QED) is 0.248. The first-order valence-corrected chi connectivity index (χ1v) is 10.7. The number of hydrogen-bond acceptors (Lipinski definition) is 4. The molecule has 1 amide bonds. The smallest absolute Gasteiger partial charge is 0.276 e. The first-order valence-electron chi connectivity index (χ1n) is 10.7. The van der Waals surface area contributed by atoms with E-state index in [0.717, 1.165) is 57.6 Å². The van der Waals surface area contributed by atoms with Gasteiger partial charge in [0, 0.05) is 37.8 Å². The van der Waals surface area contributed by atoms with Crippen LogP contribution in [0.1, 0.15) is 51.5 Å². The Morgan fingerprint density at radius 3 is 2.45 bits per heavy atom. The van der Waals surface area contributed by atoms with E-state index in [1.54, 1.807) is 30.4 Å². The summed E-state index contributed by atoms with van der Waals surface area (Å²) < 4.78 is 0. The summed E-state index contributed by atoms with van der Waals surface area (Å²) in [5.74, 6) is 0.0980. The molecule has 0 aliphatic carbocycles. The fourth-order valence-electron chi connectivity index (χ4n) is 3.45. The number of allylic oxidation sites excluding steroid dienone is 2. The van der Waals surface area contributed by atoms with Crippen molar-refractivity contribution in [2.75, 3.05) is 32.7 Å². The van der Waals surface area contributed by atoms with Gasteiger partial charge in [0.1, 0.15) is 0 Å². The average molecular weight is 400 g/mol. The second kappa shape index (κ2) is 12.2. The van der Waals surface area contributed by atoms with Gasteiger partial charge in [0.15, 0.2) is 0 Å². The maximum Gasteiger partial charge on any atom is 0.276 e. The van der Waals surface area contributed by atoms with Crippen LogP contribution in [0, 0.1) is 10.1 Å². The molecule has 1 aromatic rings. The molecule has 0 spiro atoms. The molecule has 29 heavy (non-hydrogen) atoms. The maximum atomic E-state index is 13.0. The number of nitro benzene ring substituents is 1. The van der Waals surface area contributed by atoms with E-state index in [0.29, 0.717) is 5.56 Å². The van der Waals surface area contributed by atoms with Gasteiger partial charge in [-0.1, -0.05) is 51.0 Å². The van der Waals surface area contributed by atoms with Gasteiger partial charge in [-0.25, -0.2) is 0 Å². The van der Waals surface area contributed by atoms with Crippen molar-refractivity contribution in [3.05, 3.63) is 57.7 Å². The van der Waals surface area contributed by atoms with E-state index >= 15 is 0 Å². The third-order valence-electron chi connectivity index (χ3n) is 5.27. The third-order valence-corrected chi connectivity index (χ3v) is 5.27. The zero-order chi connectivity index (χ0) is 21.1. The molecule has 0 N–H and O–H groups in total. The average Bonchev–Trinajstić information content (AvgIpc) is 2.74. The molecule has 6 nitrogen and oxygen atoms in total. The summed E-state index contributed by atoms with van der Waals surface area (Å²) in [6.45, 7) is 8.80. The molecule has 1 heterocycles. The van der Waals surface area contributed by atoms with E-state index in [2.05, 4.69) is 18.7 Å². The number of hydrogen-bond donors (Lipinski definition) is 0. The highest BCUT2D eigenvalue weighted by atomic mass is 16.6. The molecular formula is C23H33N3O3. The van der Waals surface area contributed by atoms with E-state index in [1.807, 2.05) is 11.0 Å². The second-order valence-corrected chi connectivity index (χ2v) is 7.46. The number of nitro groups is 1. The van der Waals surface area contributed by atoms with E-state index in [-0.39, 0.29) is 16.5 Å². The molecule has 0 saturated carbocycles. The van der Waals surface area contributed by atoms with Gasteiger partial charge in [-0.15, -0.1) is 0 Å². The first-order chi connectivity index (χ1) is 14.1. The van der Waals surface area contributed by atoms with Crippen molar-refractivity contribution < 1.29 is 9.72 Å². The van der Waals surface area contributed by atoms with Crippen molar-refractivity contribution in [1.82, 2.24) is 9.80 Å². The Balaban J connectivity index is 2.07. The number of piperazine rings is 1. The van der Waals surface area contributed by atoms with Crippen LogP contribution in [0.25, 0.3) is 6.08 Å². The molecular weight excluding hydrogens is 366 g/mol. The van der Waals surface area contributed by atoms with Gasteiger partial charge < -0.3 is 4.90 Å². The zero-order valence-electron chi connectivity index (χ0n) is 17.7. The Morgan fingerprint density at radius 1 is 1.10 bits per heavy atom. The van der Waals surface area contributed by atoms with Crippen molar-refractivity contribution in [1.29, 1.82) is 0 Å². The van der Waals surface area contributed by atoms with Crippen LogP contribution in [0.4, 0.5) is 5.69 Å². The van der Waals surface area contributed by atoms with E-state index in [4.69, 9.17) is 0 Å². The largest absolute Gasteiger partial charge is 0.336 e. The summed E-state index contributed by atoms with van der Waals surface area (Å²) in [5.41, 5.74) is 1.39. The Kier molecular flexibility index (Phi) is 9.57. The summed E-state index contributed by atoms with van der Waals surface area (Å²) >= 11 is 0. The van der Waals surface area contributed by atoms with Crippen LogP contribution in [0.2, 0.25) is 0 Å². The van der Waals surface area contributed by atoms with Crippen LogP contribution in [0.3, 0.4) is 0 Å². The van der Waals surface area contributed by atoms with Crippen molar-refractivity contribution >= 4 is 17.7 Å². The topological polar surface area (TPSA) is 66.7 Å². The molecule has 1 aromatic carbocycles. The third kappa shape index (κ3) is 7.13. The number of carbonyl (C=O) groups is 1. The van der Waals surface area contributed by atoms with Crippen molar-refractivity contribution in [3.63, 3.8) is 0 Å². The molecule has 1 aliphatic rings. The van der Waals surface area contributed by atoms with Crippen LogP contribution in [-0.4, -0.2) is 53.4 Å². The lowest BCUT2D eigenvalue weighted by molar-refractivity contribution is -0.385. The fourth-order valence-corrected chi connectivity index (χ4v) is 3.45. The number of nitrogens with zero attached hydrogens (tertiary/aromatic N) is 3. The number of amides is 1. The summed E-state index contributed by atoms with van der Waals surface area (Å²) in [4.78, 5) is 28.2. The lowest BCUT2D eigenvalue weighted by atomic mass is 10.1. The van der Waals surface area contributed by atoms with Crippen LogP contribution in [0.15, 0.2) is 42.0 Å². The molecule has 2 rings (SSSR count). The number of para-hydroxylation sites is 1. The minimum Gasteiger partial charge on any atom is -0.336 e. The summed E-state index contributed by atoms with van der Waals surface area (Å²) in [6, 6.07) is 6.63. The highest BCUT2D eigenvalue weighted by Gasteiger charge is 2.22. The van der Waals surface area contributed by atoms with Gasteiger partial charge in [-0.05, 0) is 37.9 Å². The lowest BCUT2D eigenvalue weighted by Crippen LogP contribution is -2.49. The first kappa shape index (κ1) is 22.8. The molecule has 0 bridgehead atoms. The Hall–Kier alpha value is -2.47. The Morgan fingerprint density at radius 2 is 1.79 bits per heavy atom. The van der Waals surface area contributed by atoms with E-state index in [9.17, 15) is 14.9 Å². The highest BCUT2D eigenvalue weighted by Crippen LogP contribution is 2.20. The van der Waals surface area contributed by atoms with Crippen LogP contribution in [0.5, 0.6) is 0 Å². The molecule has 158 valence electrons. The summed E-state index contributed by atoms with van der Waals surface area (Å²) in [5, 5.41) is 11.2. The SMILES string of the molecule is CCCCC(=CC=Cc1ccccc1[N+](=O)[O-])C(=O)N1CCN(CCCC)CC1. The van der Waals surface area contributed by atoms with Gasteiger partial charge in [-0.2, -0.15) is 0 Å². The van der Waals surface area contributed by atoms with Gasteiger partial charge in [0.05, 0.1) is 10.5 Å². The van der Waals surface area contributed by atoms with Crippen molar-refractivity contribution in [2.24, 2.45) is 0 Å². The zero-order valence-corrected chi connectivity index (χ0v) is 17.7. The molecule has 1 saturated heterocycles. The Labute approximate surface area is 174 Å². The fraction of sp³-hybridized carbons (Fsp3) is 0.522. The van der Waals surface area contributed by atoms with Crippen LogP contribution in [-0.2, 0) is 4.79 Å². The van der Waals surface area contributed by atoms with E-state index in [1.165, 1.54) is 18.9 Å². The normalized spacial score (nSPS) is 15.8. The van der Waals surface area contributed by atoms with Crippen molar-refractivity contribution in [3.8, 4) is 0 Å². The van der Waals surface area contributed by atoms with Gasteiger partial charge in [0.25, 0.3) is 5.69 Å². The molecule has 0 unspecified atom stereocenters. The Bertz CT molecular complexity index is 735. The van der Waals surface area contributed by atoms with Crippen LogP contribution >= 0.6 is 0 Å². The highest BCUT2D eigenvalue weighted by molar-refractivity contribution is 5.94. The second-order valence-electron chi connectivity index (χ2n) is 7.46. The predicted octanol–water partition coefficient (Wildman–Crippen LogP) is 4.67. The standard InChI is InChI=1S/C23H33N3O3/c1-3-5-10-21(13-9-12-20-11-7-8-14-22(20)26(28)29)23(27)25-18-16-24(17-19-25)15-6-4-2/h7-9,11-14H,3-6,10,15-19H2,1-2H3. The van der Waals surface area contributed by atoms with Crippen LogP contribution < -0.4 is 0 Å². The lowest BCUT2D eigenvalue weighted by Gasteiger charge is -2.35. The van der Waals surface area contributed by atoms with Gasteiger partial charge in [0.2, 0.25) is 5.91 Å². The number of carbonyl (C=O) groups excluding carboxylic acids is 1. The molecule has 0 aromatic heterocycles.